The summed E-state index contributed by atoms with van der Waals surface area (Å²) in [6, 6.07) is 0. The molecule has 1 fully saturated rings. The van der Waals surface area contributed by atoms with Crippen molar-refractivity contribution in [3.8, 4) is 0 Å². The molecule has 1 atom stereocenters. The van der Waals surface area contributed by atoms with E-state index < -0.39 is 5.60 Å². The van der Waals surface area contributed by atoms with Gasteiger partial charge in [0, 0.05) is 6.54 Å². The lowest BCUT2D eigenvalue weighted by atomic mass is 10.1. The van der Waals surface area contributed by atoms with E-state index in [0.717, 1.165) is 19.5 Å². The molecule has 4 nitrogen and oxygen atoms in total. The second kappa shape index (κ2) is 5.32. The molecule has 14 heavy (non-hydrogen) atoms. The Balaban J connectivity index is 0.000000241. The van der Waals surface area contributed by atoms with Crippen molar-refractivity contribution in [3.05, 3.63) is 0 Å². The molecule has 0 saturated carbocycles. The Morgan fingerprint density at radius 2 is 2.07 bits per heavy atom. The van der Waals surface area contributed by atoms with Gasteiger partial charge in [0.1, 0.15) is 5.60 Å². The lowest BCUT2D eigenvalue weighted by molar-refractivity contribution is -0.138. The zero-order chi connectivity index (χ0) is 11.2. The lowest BCUT2D eigenvalue weighted by Gasteiger charge is -2.14. The molecule has 1 aliphatic heterocycles. The third kappa shape index (κ3) is 8.01. The SMILES string of the molecule is CC(C)(C)OC=O.CC1(O)CCNC1. The molecule has 1 unspecified atom stereocenters. The van der Waals surface area contributed by atoms with Crippen LogP contribution in [0.4, 0.5) is 0 Å². The fourth-order valence-corrected chi connectivity index (χ4v) is 0.948. The van der Waals surface area contributed by atoms with Crippen molar-refractivity contribution >= 4 is 6.47 Å². The third-order valence-electron chi connectivity index (χ3n) is 1.75. The summed E-state index contributed by atoms with van der Waals surface area (Å²) < 4.78 is 4.55. The predicted octanol–water partition coefficient (Wildman–Crippen LogP) is 0.689. The van der Waals surface area contributed by atoms with Crippen LogP contribution in [0.5, 0.6) is 0 Å². The smallest absolute Gasteiger partial charge is 0.293 e. The molecule has 0 radical (unpaired) electrons. The van der Waals surface area contributed by atoms with Gasteiger partial charge in [-0.2, -0.15) is 0 Å². The van der Waals surface area contributed by atoms with Gasteiger partial charge in [0.15, 0.2) is 0 Å². The van der Waals surface area contributed by atoms with E-state index in [1.165, 1.54) is 0 Å². The minimum atomic E-state index is -0.417. The van der Waals surface area contributed by atoms with Crippen LogP contribution in [0.15, 0.2) is 0 Å². The summed E-state index contributed by atoms with van der Waals surface area (Å²) in [5.74, 6) is 0. The fraction of sp³-hybridized carbons (Fsp3) is 0.900. The van der Waals surface area contributed by atoms with Gasteiger partial charge >= 0.3 is 0 Å². The molecule has 0 amide bonds. The van der Waals surface area contributed by atoms with Gasteiger partial charge in [0.25, 0.3) is 6.47 Å². The number of carbonyl (C=O) groups excluding carboxylic acids is 1. The molecule has 2 N–H and O–H groups in total. The van der Waals surface area contributed by atoms with Gasteiger partial charge in [-0.1, -0.05) is 0 Å². The van der Waals surface area contributed by atoms with E-state index in [-0.39, 0.29) is 5.60 Å². The number of hydrogen-bond acceptors (Lipinski definition) is 4. The molecule has 0 spiro atoms. The summed E-state index contributed by atoms with van der Waals surface area (Å²) >= 11 is 0. The average Bonchev–Trinajstić information content (AvgIpc) is 2.32. The normalized spacial score (nSPS) is 26.4. The standard InChI is InChI=1S/C5H11NO.C5H10O2/c1-5(7)2-3-6-4-5;1-5(2,3)7-4-6/h6-7H,2-4H2,1H3;4H,1-3H3. The first-order valence-electron chi connectivity index (χ1n) is 4.81. The van der Waals surface area contributed by atoms with Crippen LogP contribution in [-0.2, 0) is 9.53 Å². The Morgan fingerprint density at radius 1 is 1.50 bits per heavy atom. The molecular formula is C10H21NO3. The van der Waals surface area contributed by atoms with Crippen molar-refractivity contribution in [1.29, 1.82) is 0 Å². The maximum absolute atomic E-state index is 9.60. The minimum absolute atomic E-state index is 0.318. The van der Waals surface area contributed by atoms with Crippen LogP contribution in [0.25, 0.3) is 0 Å². The molecule has 84 valence electrons. The molecule has 0 aromatic rings. The maximum atomic E-state index is 9.60. The van der Waals surface area contributed by atoms with Gasteiger partial charge in [-0.25, -0.2) is 0 Å². The zero-order valence-electron chi connectivity index (χ0n) is 9.46. The van der Waals surface area contributed by atoms with Gasteiger partial charge in [-0.05, 0) is 40.7 Å². The average molecular weight is 203 g/mol. The van der Waals surface area contributed by atoms with Gasteiger partial charge in [0.05, 0.1) is 5.60 Å². The highest BCUT2D eigenvalue weighted by atomic mass is 16.5. The third-order valence-corrected chi connectivity index (χ3v) is 1.75. The Labute approximate surface area is 85.6 Å². The van der Waals surface area contributed by atoms with Crippen LogP contribution in [0.1, 0.15) is 34.1 Å². The molecule has 0 aromatic carbocycles. The minimum Gasteiger partial charge on any atom is -0.462 e. The molecular weight excluding hydrogens is 182 g/mol. The molecule has 0 aliphatic carbocycles. The largest absolute Gasteiger partial charge is 0.462 e. The first kappa shape index (κ1) is 13.4. The predicted molar refractivity (Wildman–Crippen MR) is 55.0 cm³/mol. The highest BCUT2D eigenvalue weighted by Gasteiger charge is 2.23. The van der Waals surface area contributed by atoms with Gasteiger partial charge < -0.3 is 15.2 Å². The number of β-amino-alcohol motifs (C(OH)–C–C–N with tert-alkyl or cyclic N) is 1. The summed E-state index contributed by atoms with van der Waals surface area (Å²) in [6.07, 6.45) is 0.896. The van der Waals surface area contributed by atoms with Crippen molar-refractivity contribution in [2.24, 2.45) is 0 Å². The summed E-state index contributed by atoms with van der Waals surface area (Å²) in [5.41, 5.74) is -0.734. The Kier molecular flexibility index (Phi) is 5.08. The molecule has 0 bridgehead atoms. The van der Waals surface area contributed by atoms with Crippen LogP contribution < -0.4 is 5.32 Å². The summed E-state index contributed by atoms with van der Waals surface area (Å²) in [6.45, 7) is 9.50. The lowest BCUT2D eigenvalue weighted by Crippen LogP contribution is -2.26. The summed E-state index contributed by atoms with van der Waals surface area (Å²) in [7, 11) is 0. The number of aliphatic hydroxyl groups is 1. The monoisotopic (exact) mass is 203 g/mol. The van der Waals surface area contributed by atoms with Crippen LogP contribution in [0, 0.1) is 0 Å². The molecule has 0 aromatic heterocycles. The summed E-state index contributed by atoms with van der Waals surface area (Å²) in [4.78, 5) is 9.60. The van der Waals surface area contributed by atoms with Crippen LogP contribution in [-0.4, -0.2) is 35.9 Å². The van der Waals surface area contributed by atoms with E-state index in [2.05, 4.69) is 10.1 Å². The van der Waals surface area contributed by atoms with E-state index in [9.17, 15) is 4.79 Å². The van der Waals surface area contributed by atoms with Crippen molar-refractivity contribution in [3.63, 3.8) is 0 Å². The topological polar surface area (TPSA) is 58.6 Å². The maximum Gasteiger partial charge on any atom is 0.293 e. The van der Waals surface area contributed by atoms with Crippen LogP contribution in [0.3, 0.4) is 0 Å². The van der Waals surface area contributed by atoms with Gasteiger partial charge in [-0.15, -0.1) is 0 Å². The van der Waals surface area contributed by atoms with Crippen LogP contribution >= 0.6 is 0 Å². The van der Waals surface area contributed by atoms with Crippen molar-refractivity contribution < 1.29 is 14.6 Å². The number of hydrogen-bond donors (Lipinski definition) is 2. The first-order chi connectivity index (χ1) is 6.27. The van der Waals surface area contributed by atoms with Gasteiger partial charge in [0.2, 0.25) is 0 Å². The fourth-order valence-electron chi connectivity index (χ4n) is 0.948. The second-order valence-electron chi connectivity index (χ2n) is 4.75. The Bertz CT molecular complexity index is 165. The van der Waals surface area contributed by atoms with E-state index >= 15 is 0 Å². The van der Waals surface area contributed by atoms with Crippen molar-refractivity contribution in [2.75, 3.05) is 13.1 Å². The van der Waals surface area contributed by atoms with Crippen molar-refractivity contribution in [2.45, 2.75) is 45.3 Å². The molecule has 1 saturated heterocycles. The van der Waals surface area contributed by atoms with E-state index in [0.29, 0.717) is 6.47 Å². The number of carbonyl (C=O) groups is 1. The molecule has 1 rings (SSSR count). The summed E-state index contributed by atoms with van der Waals surface area (Å²) in [5, 5.41) is 12.2. The van der Waals surface area contributed by atoms with E-state index in [1.807, 2.05) is 27.7 Å². The Hall–Kier alpha value is -0.610. The first-order valence-corrected chi connectivity index (χ1v) is 4.81. The second-order valence-corrected chi connectivity index (χ2v) is 4.75. The number of nitrogens with one attached hydrogen (secondary N) is 1. The molecule has 1 heterocycles. The number of rotatable bonds is 1. The van der Waals surface area contributed by atoms with E-state index in [1.54, 1.807) is 0 Å². The molecule has 4 heteroatoms. The molecule has 1 aliphatic rings. The Morgan fingerprint density at radius 3 is 2.14 bits per heavy atom. The van der Waals surface area contributed by atoms with Crippen molar-refractivity contribution in [1.82, 2.24) is 5.32 Å². The highest BCUT2D eigenvalue weighted by Crippen LogP contribution is 2.10. The highest BCUT2D eigenvalue weighted by molar-refractivity contribution is 5.37. The van der Waals surface area contributed by atoms with Crippen LogP contribution in [0.2, 0.25) is 0 Å². The van der Waals surface area contributed by atoms with Gasteiger partial charge in [-0.3, -0.25) is 4.79 Å². The quantitative estimate of drug-likeness (QED) is 0.616. The zero-order valence-corrected chi connectivity index (χ0v) is 9.46. The number of ether oxygens (including phenoxy) is 1. The van der Waals surface area contributed by atoms with E-state index in [4.69, 9.17) is 5.11 Å².